The standard InChI is InChI=1S/C22H24Cl3NO4S/c1-2-3-9-30-21-19(24)11-16(12-20(21)25)22(27)26(17-8-10-31(28,29)14-17)13-15-6-4-5-7-18(15)23/h4-7,11-12,17H,2-3,8-10,13-14H2,1H3. The van der Waals surface area contributed by atoms with Crippen LogP contribution < -0.4 is 4.74 Å². The summed E-state index contributed by atoms with van der Waals surface area (Å²) in [6.07, 6.45) is 2.19. The second-order valence-corrected chi connectivity index (χ2v) is 11.0. The van der Waals surface area contributed by atoms with Crippen LogP contribution in [0.25, 0.3) is 0 Å². The molecule has 0 N–H and O–H groups in total. The van der Waals surface area contributed by atoms with Gasteiger partial charge in [-0.05, 0) is 36.6 Å². The van der Waals surface area contributed by atoms with E-state index in [0.717, 1.165) is 18.4 Å². The van der Waals surface area contributed by atoms with E-state index in [4.69, 9.17) is 39.5 Å². The molecule has 0 bridgehead atoms. The topological polar surface area (TPSA) is 63.7 Å². The maximum Gasteiger partial charge on any atom is 0.254 e. The lowest BCUT2D eigenvalue weighted by molar-refractivity contribution is 0.0681. The molecule has 5 nitrogen and oxygen atoms in total. The first-order valence-corrected chi connectivity index (χ1v) is 13.0. The van der Waals surface area contributed by atoms with Crippen LogP contribution in [-0.4, -0.2) is 43.4 Å². The number of rotatable bonds is 8. The van der Waals surface area contributed by atoms with E-state index < -0.39 is 15.9 Å². The van der Waals surface area contributed by atoms with Crippen molar-refractivity contribution in [1.82, 2.24) is 4.90 Å². The zero-order valence-electron chi connectivity index (χ0n) is 17.1. The summed E-state index contributed by atoms with van der Waals surface area (Å²) in [5.41, 5.74) is 1.01. The van der Waals surface area contributed by atoms with Gasteiger partial charge in [0.05, 0.1) is 28.2 Å². The Bertz CT molecular complexity index is 1040. The van der Waals surface area contributed by atoms with Gasteiger partial charge >= 0.3 is 0 Å². The second-order valence-electron chi connectivity index (χ2n) is 7.55. The van der Waals surface area contributed by atoms with Gasteiger partial charge in [-0.25, -0.2) is 8.42 Å². The van der Waals surface area contributed by atoms with Crippen LogP contribution >= 0.6 is 34.8 Å². The van der Waals surface area contributed by atoms with Gasteiger partial charge in [0.2, 0.25) is 0 Å². The highest BCUT2D eigenvalue weighted by Gasteiger charge is 2.35. The highest BCUT2D eigenvalue weighted by atomic mass is 35.5. The Morgan fingerprint density at radius 3 is 2.39 bits per heavy atom. The Labute approximate surface area is 198 Å². The molecule has 0 saturated carbocycles. The van der Waals surface area contributed by atoms with E-state index in [1.807, 2.05) is 19.1 Å². The summed E-state index contributed by atoms with van der Waals surface area (Å²) in [7, 11) is -3.19. The Morgan fingerprint density at radius 2 is 1.81 bits per heavy atom. The Hall–Kier alpha value is -1.47. The van der Waals surface area contributed by atoms with Gasteiger partial charge in [-0.3, -0.25) is 4.79 Å². The molecule has 0 radical (unpaired) electrons. The third kappa shape index (κ3) is 6.07. The minimum absolute atomic E-state index is 0.0513. The van der Waals surface area contributed by atoms with E-state index in [0.29, 0.717) is 23.8 Å². The Balaban J connectivity index is 1.91. The van der Waals surface area contributed by atoms with Crippen LogP contribution in [-0.2, 0) is 16.4 Å². The molecule has 31 heavy (non-hydrogen) atoms. The van der Waals surface area contributed by atoms with Crippen molar-refractivity contribution >= 4 is 50.5 Å². The number of nitrogens with zero attached hydrogens (tertiary/aromatic N) is 1. The molecule has 0 spiro atoms. The van der Waals surface area contributed by atoms with Gasteiger partial charge in [-0.15, -0.1) is 0 Å². The van der Waals surface area contributed by atoms with Crippen LogP contribution in [0.5, 0.6) is 5.75 Å². The van der Waals surface area contributed by atoms with E-state index in [9.17, 15) is 13.2 Å². The number of halogens is 3. The molecular weight excluding hydrogens is 481 g/mol. The van der Waals surface area contributed by atoms with Gasteiger partial charge in [0.1, 0.15) is 0 Å². The SMILES string of the molecule is CCCCOc1c(Cl)cc(C(=O)N(Cc2ccccc2Cl)C2CCS(=O)(=O)C2)cc1Cl. The van der Waals surface area contributed by atoms with Crippen molar-refractivity contribution in [2.45, 2.75) is 38.8 Å². The third-order valence-electron chi connectivity index (χ3n) is 5.20. The van der Waals surface area contributed by atoms with E-state index in [1.165, 1.54) is 12.1 Å². The first-order valence-electron chi connectivity index (χ1n) is 10.1. The molecular formula is C22H24Cl3NO4S. The molecule has 2 aromatic carbocycles. The lowest BCUT2D eigenvalue weighted by Gasteiger charge is -2.29. The minimum atomic E-state index is -3.19. The fourth-order valence-electron chi connectivity index (χ4n) is 3.50. The molecule has 0 aromatic heterocycles. The first kappa shape index (κ1) is 24.2. The van der Waals surface area contributed by atoms with E-state index in [-0.39, 0.29) is 39.6 Å². The maximum atomic E-state index is 13.5. The summed E-state index contributed by atoms with van der Waals surface area (Å²) in [6.45, 7) is 2.70. The van der Waals surface area contributed by atoms with Gasteiger partial charge in [0, 0.05) is 23.2 Å². The number of sulfone groups is 1. The molecule has 1 fully saturated rings. The molecule has 168 valence electrons. The first-order chi connectivity index (χ1) is 14.7. The highest BCUT2D eigenvalue weighted by molar-refractivity contribution is 7.91. The molecule has 1 unspecified atom stereocenters. The summed E-state index contributed by atoms with van der Waals surface area (Å²) >= 11 is 19.0. The van der Waals surface area contributed by atoms with Crippen LogP contribution in [0.2, 0.25) is 15.1 Å². The summed E-state index contributed by atoms with van der Waals surface area (Å²) in [5, 5.41) is 0.990. The molecule has 0 aliphatic carbocycles. The number of carbonyl (C=O) groups is 1. The van der Waals surface area contributed by atoms with Gasteiger partial charge in [-0.2, -0.15) is 0 Å². The van der Waals surface area contributed by atoms with Gasteiger partial charge < -0.3 is 9.64 Å². The molecule has 1 heterocycles. The number of unbranched alkanes of at least 4 members (excludes halogenated alkanes) is 1. The number of hydrogen-bond acceptors (Lipinski definition) is 4. The summed E-state index contributed by atoms with van der Waals surface area (Å²) in [4.78, 5) is 15.0. The van der Waals surface area contributed by atoms with Crippen LogP contribution in [0.3, 0.4) is 0 Å². The monoisotopic (exact) mass is 503 g/mol. The minimum Gasteiger partial charge on any atom is -0.490 e. The van der Waals surface area contributed by atoms with Crippen molar-refractivity contribution in [2.24, 2.45) is 0 Å². The predicted octanol–water partition coefficient (Wildman–Crippen LogP) is 5.66. The maximum absolute atomic E-state index is 13.5. The number of hydrogen-bond donors (Lipinski definition) is 0. The average Bonchev–Trinajstić information content (AvgIpc) is 3.08. The number of carbonyl (C=O) groups excluding carboxylic acids is 1. The van der Waals surface area contributed by atoms with E-state index in [2.05, 4.69) is 0 Å². The fraction of sp³-hybridized carbons (Fsp3) is 0.409. The molecule has 3 rings (SSSR count). The van der Waals surface area contributed by atoms with Crippen molar-refractivity contribution in [3.63, 3.8) is 0 Å². The normalized spacial score (nSPS) is 17.5. The Morgan fingerprint density at radius 1 is 1.13 bits per heavy atom. The van der Waals surface area contributed by atoms with E-state index >= 15 is 0 Å². The van der Waals surface area contributed by atoms with Crippen LogP contribution in [0.4, 0.5) is 0 Å². The van der Waals surface area contributed by atoms with Crippen molar-refractivity contribution in [3.05, 3.63) is 62.6 Å². The smallest absolute Gasteiger partial charge is 0.254 e. The average molecular weight is 505 g/mol. The zero-order chi connectivity index (χ0) is 22.6. The fourth-order valence-corrected chi connectivity index (χ4v) is 6.03. The van der Waals surface area contributed by atoms with Gasteiger partial charge in [0.15, 0.2) is 15.6 Å². The quantitative estimate of drug-likeness (QED) is 0.435. The predicted molar refractivity (Wildman–Crippen MR) is 125 cm³/mol. The van der Waals surface area contributed by atoms with Crippen molar-refractivity contribution in [2.75, 3.05) is 18.1 Å². The number of benzene rings is 2. The molecule has 1 atom stereocenters. The molecule has 1 amide bonds. The summed E-state index contributed by atoms with van der Waals surface area (Å²) in [5.74, 6) is -0.0428. The summed E-state index contributed by atoms with van der Waals surface area (Å²) < 4.78 is 29.8. The zero-order valence-corrected chi connectivity index (χ0v) is 20.2. The van der Waals surface area contributed by atoms with Crippen LogP contribution in [0, 0.1) is 0 Å². The highest BCUT2D eigenvalue weighted by Crippen LogP contribution is 2.35. The molecule has 1 aliphatic heterocycles. The van der Waals surface area contributed by atoms with Crippen LogP contribution in [0.1, 0.15) is 42.1 Å². The molecule has 9 heteroatoms. The van der Waals surface area contributed by atoms with Crippen LogP contribution in [0.15, 0.2) is 36.4 Å². The number of amides is 1. The lowest BCUT2D eigenvalue weighted by Crippen LogP contribution is -2.40. The van der Waals surface area contributed by atoms with E-state index in [1.54, 1.807) is 17.0 Å². The Kier molecular flexibility index (Phi) is 8.14. The van der Waals surface area contributed by atoms with Crippen molar-refractivity contribution < 1.29 is 17.9 Å². The van der Waals surface area contributed by atoms with Crippen molar-refractivity contribution in [1.29, 1.82) is 0 Å². The molecule has 2 aromatic rings. The largest absolute Gasteiger partial charge is 0.490 e. The third-order valence-corrected chi connectivity index (χ3v) is 7.88. The van der Waals surface area contributed by atoms with Gasteiger partial charge in [-0.1, -0.05) is 66.3 Å². The summed E-state index contributed by atoms with van der Waals surface area (Å²) in [6, 6.07) is 9.75. The second kappa shape index (κ2) is 10.4. The number of ether oxygens (including phenoxy) is 1. The van der Waals surface area contributed by atoms with Gasteiger partial charge in [0.25, 0.3) is 5.91 Å². The molecule has 1 aliphatic rings. The van der Waals surface area contributed by atoms with Crippen molar-refractivity contribution in [3.8, 4) is 5.75 Å². The lowest BCUT2D eigenvalue weighted by atomic mass is 10.1. The molecule has 1 saturated heterocycles.